The molecule has 1 atom stereocenters. The van der Waals surface area contributed by atoms with E-state index in [0.29, 0.717) is 0 Å². The summed E-state index contributed by atoms with van der Waals surface area (Å²) in [5, 5.41) is 11.8. The molecule has 1 heterocycles. The summed E-state index contributed by atoms with van der Waals surface area (Å²) in [5.41, 5.74) is 0.993. The molecular formula is C15H14N2O3. The van der Waals surface area contributed by atoms with Crippen LogP contribution in [0.3, 0.4) is 0 Å². The second-order valence-electron chi connectivity index (χ2n) is 4.33. The number of nitrogens with zero attached hydrogens (tertiary/aromatic N) is 1. The summed E-state index contributed by atoms with van der Waals surface area (Å²) in [6, 6.07) is 9.50. The highest BCUT2D eigenvalue weighted by Gasteiger charge is 2.17. The fourth-order valence-electron chi connectivity index (χ4n) is 1.86. The van der Waals surface area contributed by atoms with Gasteiger partial charge in [-0.1, -0.05) is 18.2 Å². The van der Waals surface area contributed by atoms with E-state index < -0.39 is 11.9 Å². The van der Waals surface area contributed by atoms with Gasteiger partial charge in [-0.3, -0.25) is 9.78 Å². The van der Waals surface area contributed by atoms with Crippen LogP contribution in [0.5, 0.6) is 0 Å². The van der Waals surface area contributed by atoms with Crippen molar-refractivity contribution in [2.75, 3.05) is 0 Å². The molecule has 2 N–H and O–H groups in total. The normalized spacial score (nSPS) is 11.7. The minimum absolute atomic E-state index is 0.0108. The van der Waals surface area contributed by atoms with E-state index in [4.69, 9.17) is 5.11 Å². The summed E-state index contributed by atoms with van der Waals surface area (Å²) in [4.78, 5) is 27.2. The van der Waals surface area contributed by atoms with Gasteiger partial charge in [-0.05, 0) is 30.7 Å². The molecule has 0 aliphatic carbocycles. The van der Waals surface area contributed by atoms with Crippen molar-refractivity contribution in [3.8, 4) is 0 Å². The Kier molecular flexibility index (Phi) is 4.10. The number of carbonyl (C=O) groups is 2. The molecular weight excluding hydrogens is 256 g/mol. The van der Waals surface area contributed by atoms with Gasteiger partial charge in [0.15, 0.2) is 0 Å². The van der Waals surface area contributed by atoms with Crippen LogP contribution < -0.4 is 5.32 Å². The smallest absolute Gasteiger partial charge is 0.336 e. The molecule has 5 nitrogen and oxygen atoms in total. The third-order valence-electron chi connectivity index (χ3n) is 2.93. The third kappa shape index (κ3) is 3.00. The quantitative estimate of drug-likeness (QED) is 0.893. The number of hydrogen-bond acceptors (Lipinski definition) is 3. The van der Waals surface area contributed by atoms with Gasteiger partial charge >= 0.3 is 5.97 Å². The van der Waals surface area contributed by atoms with Crippen LogP contribution in [0.4, 0.5) is 0 Å². The Morgan fingerprint density at radius 2 is 1.85 bits per heavy atom. The molecule has 1 aromatic heterocycles. The van der Waals surface area contributed by atoms with Crippen molar-refractivity contribution in [1.29, 1.82) is 0 Å². The number of benzene rings is 1. The minimum atomic E-state index is -1.12. The first kappa shape index (κ1) is 13.7. The number of rotatable bonds is 4. The highest BCUT2D eigenvalue weighted by Crippen LogP contribution is 2.13. The Morgan fingerprint density at radius 1 is 1.15 bits per heavy atom. The molecule has 5 heteroatoms. The van der Waals surface area contributed by atoms with Crippen molar-refractivity contribution in [1.82, 2.24) is 10.3 Å². The highest BCUT2D eigenvalue weighted by atomic mass is 16.4. The predicted molar refractivity (Wildman–Crippen MR) is 73.5 cm³/mol. The largest absolute Gasteiger partial charge is 0.478 e. The lowest BCUT2D eigenvalue weighted by molar-refractivity contribution is 0.0690. The molecule has 0 fully saturated rings. The number of carbonyl (C=O) groups excluding carboxylic acids is 1. The van der Waals surface area contributed by atoms with Crippen LogP contribution in [0, 0.1) is 0 Å². The lowest BCUT2D eigenvalue weighted by Crippen LogP contribution is -2.28. The van der Waals surface area contributed by atoms with Gasteiger partial charge in [-0.2, -0.15) is 0 Å². The van der Waals surface area contributed by atoms with Crippen molar-refractivity contribution in [2.24, 2.45) is 0 Å². The zero-order valence-corrected chi connectivity index (χ0v) is 10.9. The molecule has 1 amide bonds. The van der Waals surface area contributed by atoms with Crippen molar-refractivity contribution in [2.45, 2.75) is 13.0 Å². The monoisotopic (exact) mass is 270 g/mol. The average Bonchev–Trinajstić information content (AvgIpc) is 2.48. The molecule has 2 aromatic rings. The number of pyridine rings is 1. The number of nitrogens with one attached hydrogen (secondary N) is 1. The second kappa shape index (κ2) is 5.97. The predicted octanol–water partition coefficient (Wildman–Crippen LogP) is 2.27. The van der Waals surface area contributed by atoms with Crippen molar-refractivity contribution >= 4 is 11.9 Å². The molecule has 0 bridgehead atoms. The van der Waals surface area contributed by atoms with Crippen LogP contribution in [0.1, 0.15) is 39.2 Å². The fraction of sp³-hybridized carbons (Fsp3) is 0.133. The highest BCUT2D eigenvalue weighted by molar-refractivity contribution is 6.04. The summed E-state index contributed by atoms with van der Waals surface area (Å²) in [7, 11) is 0. The maximum Gasteiger partial charge on any atom is 0.336 e. The average molecular weight is 270 g/mol. The number of carboxylic acid groups (broad SMARTS) is 1. The molecule has 0 aliphatic rings. The van der Waals surface area contributed by atoms with E-state index in [2.05, 4.69) is 10.3 Å². The first-order valence-corrected chi connectivity index (χ1v) is 6.12. The molecule has 2 rings (SSSR count). The molecule has 0 saturated carbocycles. The van der Waals surface area contributed by atoms with Crippen molar-refractivity contribution in [3.05, 3.63) is 65.5 Å². The van der Waals surface area contributed by atoms with Gasteiger partial charge in [-0.25, -0.2) is 4.79 Å². The molecule has 20 heavy (non-hydrogen) atoms. The summed E-state index contributed by atoms with van der Waals surface area (Å²) in [6.45, 7) is 1.82. The van der Waals surface area contributed by atoms with E-state index in [1.54, 1.807) is 30.6 Å². The van der Waals surface area contributed by atoms with Gasteiger partial charge in [0.1, 0.15) is 0 Å². The van der Waals surface area contributed by atoms with Crippen LogP contribution in [-0.2, 0) is 0 Å². The van der Waals surface area contributed by atoms with Crippen LogP contribution >= 0.6 is 0 Å². The Hall–Kier alpha value is -2.69. The molecule has 0 saturated heterocycles. The van der Waals surface area contributed by atoms with Gasteiger partial charge in [0.2, 0.25) is 0 Å². The van der Waals surface area contributed by atoms with Gasteiger partial charge in [0.05, 0.1) is 17.2 Å². The van der Waals surface area contributed by atoms with E-state index in [0.717, 1.165) is 5.56 Å². The number of hydrogen-bond donors (Lipinski definition) is 2. The summed E-state index contributed by atoms with van der Waals surface area (Å²) >= 11 is 0. The molecule has 0 aliphatic heterocycles. The Labute approximate surface area is 116 Å². The van der Waals surface area contributed by atoms with Crippen LogP contribution in [0.15, 0.2) is 48.8 Å². The minimum Gasteiger partial charge on any atom is -0.478 e. The standard InChI is InChI=1S/C15H14N2O3/c1-10(11-5-4-8-16-9-11)17-14(18)12-6-2-3-7-13(12)15(19)20/h2-10H,1H3,(H,17,18)(H,19,20). The molecule has 1 aromatic carbocycles. The molecule has 0 spiro atoms. The first-order chi connectivity index (χ1) is 9.59. The van der Waals surface area contributed by atoms with E-state index in [-0.39, 0.29) is 17.2 Å². The second-order valence-corrected chi connectivity index (χ2v) is 4.33. The van der Waals surface area contributed by atoms with Gasteiger partial charge < -0.3 is 10.4 Å². The summed E-state index contributed by atoms with van der Waals surface area (Å²) in [6.07, 6.45) is 3.31. The van der Waals surface area contributed by atoms with E-state index >= 15 is 0 Å². The van der Waals surface area contributed by atoms with E-state index in [1.165, 1.54) is 12.1 Å². The van der Waals surface area contributed by atoms with Gasteiger partial charge in [0, 0.05) is 12.4 Å². The van der Waals surface area contributed by atoms with E-state index in [1.807, 2.05) is 13.0 Å². The fourth-order valence-corrected chi connectivity index (χ4v) is 1.86. The van der Waals surface area contributed by atoms with Crippen LogP contribution in [-0.4, -0.2) is 22.0 Å². The van der Waals surface area contributed by atoms with Gasteiger partial charge in [-0.15, -0.1) is 0 Å². The zero-order chi connectivity index (χ0) is 14.5. The number of aromatic nitrogens is 1. The van der Waals surface area contributed by atoms with Crippen LogP contribution in [0.2, 0.25) is 0 Å². The summed E-state index contributed by atoms with van der Waals surface area (Å²) in [5.74, 6) is -1.54. The Balaban J connectivity index is 2.19. The molecule has 1 unspecified atom stereocenters. The topological polar surface area (TPSA) is 79.3 Å². The molecule has 102 valence electrons. The zero-order valence-electron chi connectivity index (χ0n) is 10.9. The SMILES string of the molecule is CC(NC(=O)c1ccccc1C(=O)O)c1cccnc1. The first-order valence-electron chi connectivity index (χ1n) is 6.12. The lowest BCUT2D eigenvalue weighted by atomic mass is 10.1. The lowest BCUT2D eigenvalue weighted by Gasteiger charge is -2.14. The number of carboxylic acids is 1. The number of amides is 1. The van der Waals surface area contributed by atoms with Crippen molar-refractivity contribution < 1.29 is 14.7 Å². The Morgan fingerprint density at radius 3 is 2.45 bits per heavy atom. The Bertz CT molecular complexity index is 626. The summed E-state index contributed by atoms with van der Waals surface area (Å²) < 4.78 is 0. The van der Waals surface area contributed by atoms with Crippen LogP contribution in [0.25, 0.3) is 0 Å². The maximum atomic E-state index is 12.2. The van der Waals surface area contributed by atoms with E-state index in [9.17, 15) is 9.59 Å². The van der Waals surface area contributed by atoms with Crippen molar-refractivity contribution in [3.63, 3.8) is 0 Å². The van der Waals surface area contributed by atoms with Gasteiger partial charge in [0.25, 0.3) is 5.91 Å². The third-order valence-corrected chi connectivity index (χ3v) is 2.93. The maximum absolute atomic E-state index is 12.2. The molecule has 0 radical (unpaired) electrons. The number of aromatic carboxylic acids is 1.